The molecule has 0 radical (unpaired) electrons. The standard InChI is InChI=1S/C24H21N3O2/c28-24(20-9-5-7-17-6-1-2-8-19(17)20)27-14-12-18(13-15-27)29-23-16-25-21-10-3-4-11-22(21)26-23/h1-11,16,18H,12-15H2. The summed E-state index contributed by atoms with van der Waals surface area (Å²) in [6, 6.07) is 21.7. The van der Waals surface area contributed by atoms with Gasteiger partial charge in [0.05, 0.1) is 17.2 Å². The number of likely N-dealkylation sites (tertiary alicyclic amines) is 1. The van der Waals surface area contributed by atoms with Crippen LogP contribution in [0.4, 0.5) is 0 Å². The molecule has 0 saturated carbocycles. The summed E-state index contributed by atoms with van der Waals surface area (Å²) < 4.78 is 6.06. The summed E-state index contributed by atoms with van der Waals surface area (Å²) in [5.41, 5.74) is 2.45. The molecule has 3 aromatic carbocycles. The molecule has 1 aliphatic heterocycles. The molecule has 0 N–H and O–H groups in total. The van der Waals surface area contributed by atoms with Crippen LogP contribution in [0.2, 0.25) is 0 Å². The molecule has 144 valence electrons. The third kappa shape index (κ3) is 3.51. The minimum Gasteiger partial charge on any atom is -0.473 e. The topological polar surface area (TPSA) is 55.3 Å². The molecule has 1 aromatic heterocycles. The van der Waals surface area contributed by atoms with Crippen molar-refractivity contribution in [2.45, 2.75) is 18.9 Å². The maximum Gasteiger partial charge on any atom is 0.254 e. The van der Waals surface area contributed by atoms with E-state index in [1.165, 1.54) is 0 Å². The van der Waals surface area contributed by atoms with Crippen LogP contribution >= 0.6 is 0 Å². The maximum absolute atomic E-state index is 13.1. The van der Waals surface area contributed by atoms with Crippen LogP contribution in [-0.2, 0) is 0 Å². The third-order valence-electron chi connectivity index (χ3n) is 5.46. The molecule has 1 saturated heterocycles. The maximum atomic E-state index is 13.1. The zero-order valence-corrected chi connectivity index (χ0v) is 16.0. The van der Waals surface area contributed by atoms with Crippen LogP contribution in [0.3, 0.4) is 0 Å². The second-order valence-electron chi connectivity index (χ2n) is 7.33. The first-order valence-corrected chi connectivity index (χ1v) is 9.93. The number of ether oxygens (including phenoxy) is 1. The number of rotatable bonds is 3. The molecule has 1 aliphatic rings. The van der Waals surface area contributed by atoms with Crippen molar-refractivity contribution in [2.24, 2.45) is 0 Å². The minimum absolute atomic E-state index is 0.0435. The van der Waals surface area contributed by atoms with Crippen molar-refractivity contribution in [1.82, 2.24) is 14.9 Å². The van der Waals surface area contributed by atoms with Gasteiger partial charge < -0.3 is 9.64 Å². The molecule has 5 heteroatoms. The van der Waals surface area contributed by atoms with E-state index in [9.17, 15) is 4.79 Å². The van der Waals surface area contributed by atoms with Crippen molar-refractivity contribution in [1.29, 1.82) is 0 Å². The lowest BCUT2D eigenvalue weighted by Gasteiger charge is -2.32. The van der Waals surface area contributed by atoms with E-state index in [0.717, 1.165) is 40.2 Å². The fourth-order valence-corrected chi connectivity index (χ4v) is 3.93. The molecule has 0 aliphatic carbocycles. The highest BCUT2D eigenvalue weighted by Crippen LogP contribution is 2.23. The van der Waals surface area contributed by atoms with Crippen LogP contribution in [0, 0.1) is 0 Å². The van der Waals surface area contributed by atoms with Gasteiger partial charge in [-0.2, -0.15) is 0 Å². The number of piperidine rings is 1. The Bertz CT molecular complexity index is 1180. The number of fused-ring (bicyclic) bond motifs is 2. The van der Waals surface area contributed by atoms with Gasteiger partial charge in [0.25, 0.3) is 5.91 Å². The number of nitrogens with zero attached hydrogens (tertiary/aromatic N) is 3. The summed E-state index contributed by atoms with van der Waals surface area (Å²) in [6.07, 6.45) is 3.29. The Hall–Kier alpha value is -3.47. The number of aromatic nitrogens is 2. The molecule has 5 rings (SSSR count). The fourth-order valence-electron chi connectivity index (χ4n) is 3.93. The molecule has 0 spiro atoms. The summed E-state index contributed by atoms with van der Waals surface area (Å²) in [6.45, 7) is 1.35. The van der Waals surface area contributed by atoms with Crippen LogP contribution in [0.1, 0.15) is 23.2 Å². The second kappa shape index (κ2) is 7.51. The van der Waals surface area contributed by atoms with Gasteiger partial charge >= 0.3 is 0 Å². The van der Waals surface area contributed by atoms with Gasteiger partial charge in [-0.3, -0.25) is 4.79 Å². The van der Waals surface area contributed by atoms with Gasteiger partial charge in [-0.25, -0.2) is 9.97 Å². The zero-order chi connectivity index (χ0) is 19.6. The number of carbonyl (C=O) groups is 1. The molecular formula is C24H21N3O2. The Morgan fingerprint density at radius 1 is 0.897 bits per heavy atom. The van der Waals surface area contributed by atoms with Crippen molar-refractivity contribution in [3.63, 3.8) is 0 Å². The number of para-hydroxylation sites is 2. The first-order chi connectivity index (χ1) is 14.3. The first kappa shape index (κ1) is 17.6. The predicted molar refractivity (Wildman–Crippen MR) is 113 cm³/mol. The smallest absolute Gasteiger partial charge is 0.254 e. The molecule has 2 heterocycles. The summed E-state index contributed by atoms with van der Waals surface area (Å²) in [5.74, 6) is 0.633. The summed E-state index contributed by atoms with van der Waals surface area (Å²) in [4.78, 5) is 24.0. The summed E-state index contributed by atoms with van der Waals surface area (Å²) in [7, 11) is 0. The number of amides is 1. The summed E-state index contributed by atoms with van der Waals surface area (Å²) in [5, 5.41) is 2.09. The van der Waals surface area contributed by atoms with Crippen molar-refractivity contribution in [3.8, 4) is 5.88 Å². The number of carbonyl (C=O) groups excluding carboxylic acids is 1. The van der Waals surface area contributed by atoms with Gasteiger partial charge in [-0.1, -0.05) is 48.5 Å². The van der Waals surface area contributed by atoms with Gasteiger partial charge in [0, 0.05) is 31.5 Å². The van der Waals surface area contributed by atoms with E-state index in [0.29, 0.717) is 19.0 Å². The third-order valence-corrected chi connectivity index (χ3v) is 5.46. The highest BCUT2D eigenvalue weighted by atomic mass is 16.5. The van der Waals surface area contributed by atoms with Gasteiger partial charge in [0.2, 0.25) is 5.88 Å². The van der Waals surface area contributed by atoms with Gasteiger partial charge in [-0.05, 0) is 29.0 Å². The quantitative estimate of drug-likeness (QED) is 0.524. The van der Waals surface area contributed by atoms with Crippen LogP contribution in [0.15, 0.2) is 72.9 Å². The average Bonchev–Trinajstić information content (AvgIpc) is 2.79. The van der Waals surface area contributed by atoms with E-state index in [1.807, 2.05) is 71.6 Å². The lowest BCUT2D eigenvalue weighted by Crippen LogP contribution is -2.41. The van der Waals surface area contributed by atoms with Gasteiger partial charge in [-0.15, -0.1) is 0 Å². The minimum atomic E-state index is 0.0435. The van der Waals surface area contributed by atoms with Gasteiger partial charge in [0.1, 0.15) is 6.10 Å². The highest BCUT2D eigenvalue weighted by molar-refractivity contribution is 6.07. The Morgan fingerprint density at radius 3 is 2.48 bits per heavy atom. The van der Waals surface area contributed by atoms with E-state index < -0.39 is 0 Å². The molecule has 0 unspecified atom stereocenters. The normalized spacial score (nSPS) is 15.0. The first-order valence-electron chi connectivity index (χ1n) is 9.93. The van der Waals surface area contributed by atoms with Crippen LogP contribution in [0.25, 0.3) is 21.8 Å². The Kier molecular flexibility index (Phi) is 4.56. The van der Waals surface area contributed by atoms with E-state index in [4.69, 9.17) is 4.74 Å². The van der Waals surface area contributed by atoms with E-state index in [1.54, 1.807) is 6.20 Å². The summed E-state index contributed by atoms with van der Waals surface area (Å²) >= 11 is 0. The Morgan fingerprint density at radius 2 is 1.62 bits per heavy atom. The lowest BCUT2D eigenvalue weighted by atomic mass is 10.0. The molecule has 1 fully saturated rings. The molecule has 5 nitrogen and oxygen atoms in total. The van der Waals surface area contributed by atoms with Crippen molar-refractivity contribution >= 4 is 27.7 Å². The molecule has 0 atom stereocenters. The average molecular weight is 383 g/mol. The fraction of sp³-hybridized carbons (Fsp3) is 0.208. The number of hydrogen-bond donors (Lipinski definition) is 0. The molecule has 29 heavy (non-hydrogen) atoms. The highest BCUT2D eigenvalue weighted by Gasteiger charge is 2.26. The Labute approximate surface area is 169 Å². The van der Waals surface area contributed by atoms with Crippen molar-refractivity contribution in [3.05, 3.63) is 78.5 Å². The van der Waals surface area contributed by atoms with Crippen LogP contribution < -0.4 is 4.74 Å². The van der Waals surface area contributed by atoms with Crippen molar-refractivity contribution in [2.75, 3.05) is 13.1 Å². The van der Waals surface area contributed by atoms with E-state index in [2.05, 4.69) is 9.97 Å². The largest absolute Gasteiger partial charge is 0.473 e. The Balaban J connectivity index is 1.26. The lowest BCUT2D eigenvalue weighted by molar-refractivity contribution is 0.0589. The van der Waals surface area contributed by atoms with Crippen LogP contribution in [0.5, 0.6) is 5.88 Å². The molecule has 0 bridgehead atoms. The van der Waals surface area contributed by atoms with E-state index >= 15 is 0 Å². The molecular weight excluding hydrogens is 362 g/mol. The molecule has 4 aromatic rings. The number of benzene rings is 3. The van der Waals surface area contributed by atoms with Gasteiger partial charge in [0.15, 0.2) is 0 Å². The monoisotopic (exact) mass is 383 g/mol. The molecule has 1 amide bonds. The van der Waals surface area contributed by atoms with Crippen molar-refractivity contribution < 1.29 is 9.53 Å². The number of hydrogen-bond acceptors (Lipinski definition) is 4. The SMILES string of the molecule is O=C(c1cccc2ccccc12)N1CCC(Oc2cnc3ccccc3n2)CC1. The zero-order valence-electron chi connectivity index (χ0n) is 16.0. The van der Waals surface area contributed by atoms with E-state index in [-0.39, 0.29) is 12.0 Å². The second-order valence-corrected chi connectivity index (χ2v) is 7.33. The van der Waals surface area contributed by atoms with Crippen LogP contribution in [-0.4, -0.2) is 40.0 Å². The predicted octanol–water partition coefficient (Wildman–Crippen LogP) is 4.47.